The van der Waals surface area contributed by atoms with Gasteiger partial charge in [0.1, 0.15) is 0 Å². The van der Waals surface area contributed by atoms with Crippen LogP contribution in [-0.4, -0.2) is 47.1 Å². The van der Waals surface area contributed by atoms with Gasteiger partial charge in [0.05, 0.1) is 25.1 Å². The summed E-state index contributed by atoms with van der Waals surface area (Å²) in [7, 11) is 0. The molecular formula is C23H24N2O3. The highest BCUT2D eigenvalue weighted by molar-refractivity contribution is 5.97. The van der Waals surface area contributed by atoms with E-state index in [0.29, 0.717) is 13.0 Å². The van der Waals surface area contributed by atoms with Crippen LogP contribution in [0.4, 0.5) is 5.69 Å². The molecule has 0 radical (unpaired) electrons. The van der Waals surface area contributed by atoms with Gasteiger partial charge in [0, 0.05) is 24.1 Å². The van der Waals surface area contributed by atoms with Crippen molar-refractivity contribution in [1.82, 2.24) is 4.90 Å². The first-order chi connectivity index (χ1) is 13.7. The number of carbonyl (C=O) groups excluding carboxylic acids is 2. The summed E-state index contributed by atoms with van der Waals surface area (Å²) in [6.45, 7) is 0.466. The molecule has 0 unspecified atom stereocenters. The van der Waals surface area contributed by atoms with Crippen LogP contribution in [0.15, 0.2) is 54.6 Å². The molecule has 2 heterocycles. The number of amides is 2. The molecular weight excluding hydrogens is 352 g/mol. The fourth-order valence-electron chi connectivity index (χ4n) is 4.84. The lowest BCUT2D eigenvalue weighted by molar-refractivity contribution is -0.152. The van der Waals surface area contributed by atoms with Crippen molar-refractivity contribution in [3.8, 4) is 0 Å². The molecule has 1 saturated heterocycles. The molecule has 2 fully saturated rings. The van der Waals surface area contributed by atoms with Crippen LogP contribution in [0.5, 0.6) is 0 Å². The van der Waals surface area contributed by atoms with E-state index in [4.69, 9.17) is 0 Å². The molecule has 5 rings (SSSR count). The molecule has 2 aromatic carbocycles. The summed E-state index contributed by atoms with van der Waals surface area (Å²) < 4.78 is 0. The first kappa shape index (κ1) is 17.4. The molecule has 2 aromatic rings. The predicted molar refractivity (Wildman–Crippen MR) is 106 cm³/mol. The zero-order valence-electron chi connectivity index (χ0n) is 15.7. The highest BCUT2D eigenvalue weighted by Gasteiger charge is 2.56. The van der Waals surface area contributed by atoms with E-state index in [2.05, 4.69) is 0 Å². The Labute approximate surface area is 164 Å². The van der Waals surface area contributed by atoms with Gasteiger partial charge in [-0.1, -0.05) is 48.5 Å². The van der Waals surface area contributed by atoms with Gasteiger partial charge in [-0.25, -0.2) is 0 Å². The molecule has 3 atom stereocenters. The molecule has 1 N–H and O–H groups in total. The molecule has 28 heavy (non-hydrogen) atoms. The Morgan fingerprint density at radius 2 is 1.71 bits per heavy atom. The van der Waals surface area contributed by atoms with Crippen LogP contribution in [0.3, 0.4) is 0 Å². The molecule has 5 heteroatoms. The van der Waals surface area contributed by atoms with Gasteiger partial charge in [0.15, 0.2) is 0 Å². The lowest BCUT2D eigenvalue weighted by atomic mass is 9.71. The van der Waals surface area contributed by atoms with Crippen molar-refractivity contribution in [2.45, 2.75) is 37.3 Å². The average molecular weight is 376 g/mol. The van der Waals surface area contributed by atoms with Crippen molar-refractivity contribution in [2.75, 3.05) is 18.1 Å². The minimum Gasteiger partial charge on any atom is -0.394 e. The number of aliphatic hydroxyl groups excluding tert-OH is 1. The van der Waals surface area contributed by atoms with Gasteiger partial charge in [-0.3, -0.25) is 9.59 Å². The van der Waals surface area contributed by atoms with Gasteiger partial charge >= 0.3 is 0 Å². The van der Waals surface area contributed by atoms with Crippen molar-refractivity contribution in [1.29, 1.82) is 0 Å². The summed E-state index contributed by atoms with van der Waals surface area (Å²) in [5.41, 5.74) is 2.97. The summed E-state index contributed by atoms with van der Waals surface area (Å²) in [6, 6.07) is 17.5. The van der Waals surface area contributed by atoms with Gasteiger partial charge < -0.3 is 14.9 Å². The maximum atomic E-state index is 13.2. The Morgan fingerprint density at radius 1 is 1.00 bits per heavy atom. The van der Waals surface area contributed by atoms with E-state index in [0.717, 1.165) is 29.7 Å². The third kappa shape index (κ3) is 2.73. The Balaban J connectivity index is 1.46. The van der Waals surface area contributed by atoms with Gasteiger partial charge in [0.25, 0.3) is 0 Å². The van der Waals surface area contributed by atoms with Crippen LogP contribution in [0.1, 0.15) is 29.9 Å². The predicted octanol–water partition coefficient (Wildman–Crippen LogP) is 2.34. The zero-order valence-corrected chi connectivity index (χ0v) is 15.7. The van der Waals surface area contributed by atoms with Crippen LogP contribution >= 0.6 is 0 Å². The molecule has 2 aliphatic heterocycles. The molecule has 0 aromatic heterocycles. The number of likely N-dealkylation sites (tertiary alicyclic amines) is 1. The average Bonchev–Trinajstić information content (AvgIpc) is 3.54. The third-order valence-corrected chi connectivity index (χ3v) is 6.37. The highest BCUT2D eigenvalue weighted by Crippen LogP contribution is 2.50. The van der Waals surface area contributed by atoms with E-state index in [1.165, 1.54) is 0 Å². The number of nitrogens with zero attached hydrogens (tertiary/aromatic N) is 2. The summed E-state index contributed by atoms with van der Waals surface area (Å²) in [5.74, 6) is 0.406. The quantitative estimate of drug-likeness (QED) is 0.891. The van der Waals surface area contributed by atoms with Crippen LogP contribution in [0.2, 0.25) is 0 Å². The van der Waals surface area contributed by atoms with Crippen molar-refractivity contribution in [2.24, 2.45) is 5.92 Å². The minimum absolute atomic E-state index is 0.0358. The SMILES string of the molecule is O=C(Cc1ccccc1)N1C[C@@H]2[C@H](c3ccccc31)[C@@H](CO)N2C(=O)C1CC1. The van der Waals surface area contributed by atoms with E-state index in [1.54, 1.807) is 0 Å². The first-order valence-electron chi connectivity index (χ1n) is 10.1. The van der Waals surface area contributed by atoms with E-state index in [9.17, 15) is 14.7 Å². The smallest absolute Gasteiger partial charge is 0.231 e. The summed E-state index contributed by atoms with van der Waals surface area (Å²) in [4.78, 5) is 29.7. The van der Waals surface area contributed by atoms with Crippen LogP contribution in [0.25, 0.3) is 0 Å². The Kier molecular flexibility index (Phi) is 4.20. The number of aliphatic hydroxyl groups is 1. The number of benzene rings is 2. The van der Waals surface area contributed by atoms with Gasteiger partial charge in [-0.05, 0) is 30.0 Å². The monoisotopic (exact) mass is 376 g/mol. The van der Waals surface area contributed by atoms with Crippen molar-refractivity contribution >= 4 is 17.5 Å². The van der Waals surface area contributed by atoms with Crippen LogP contribution in [-0.2, 0) is 16.0 Å². The molecule has 1 aliphatic carbocycles. The molecule has 5 nitrogen and oxygen atoms in total. The van der Waals surface area contributed by atoms with E-state index in [-0.39, 0.29) is 42.3 Å². The second kappa shape index (κ2) is 6.74. The number of fused-ring (bicyclic) bond motifs is 3. The van der Waals surface area contributed by atoms with E-state index < -0.39 is 0 Å². The fourth-order valence-corrected chi connectivity index (χ4v) is 4.84. The number of hydrogen-bond donors (Lipinski definition) is 1. The van der Waals surface area contributed by atoms with Crippen LogP contribution < -0.4 is 4.90 Å². The Bertz CT molecular complexity index is 909. The number of carbonyl (C=O) groups is 2. The van der Waals surface area contributed by atoms with Gasteiger partial charge in [-0.15, -0.1) is 0 Å². The van der Waals surface area contributed by atoms with Crippen molar-refractivity contribution in [3.05, 3.63) is 65.7 Å². The zero-order chi connectivity index (χ0) is 19.3. The third-order valence-electron chi connectivity index (χ3n) is 6.37. The molecule has 0 bridgehead atoms. The molecule has 0 spiro atoms. The Morgan fingerprint density at radius 3 is 2.43 bits per heavy atom. The number of para-hydroxylation sites is 1. The highest BCUT2D eigenvalue weighted by atomic mass is 16.3. The van der Waals surface area contributed by atoms with Gasteiger partial charge in [-0.2, -0.15) is 0 Å². The van der Waals surface area contributed by atoms with Crippen molar-refractivity contribution in [3.63, 3.8) is 0 Å². The number of anilines is 1. The topological polar surface area (TPSA) is 60.9 Å². The number of hydrogen-bond acceptors (Lipinski definition) is 3. The number of rotatable bonds is 4. The molecule has 2 amide bonds. The van der Waals surface area contributed by atoms with Crippen molar-refractivity contribution < 1.29 is 14.7 Å². The second-order valence-electron chi connectivity index (χ2n) is 8.09. The van der Waals surface area contributed by atoms with Gasteiger partial charge in [0.2, 0.25) is 11.8 Å². The molecule has 1 saturated carbocycles. The Hall–Kier alpha value is -2.66. The maximum Gasteiger partial charge on any atom is 0.231 e. The molecule has 3 aliphatic rings. The first-order valence-corrected chi connectivity index (χ1v) is 10.1. The maximum absolute atomic E-state index is 13.2. The van der Waals surface area contributed by atoms with Crippen LogP contribution in [0, 0.1) is 5.92 Å². The second-order valence-corrected chi connectivity index (χ2v) is 8.09. The summed E-state index contributed by atoms with van der Waals surface area (Å²) in [5, 5.41) is 9.97. The minimum atomic E-state index is -0.175. The molecule has 144 valence electrons. The van der Waals surface area contributed by atoms with E-state index in [1.807, 2.05) is 64.4 Å². The standard InChI is InChI=1S/C23H24N2O3/c26-14-20-22-17-8-4-5-9-18(17)24(21(27)12-15-6-2-1-3-7-15)13-19(22)25(20)23(28)16-10-11-16/h1-9,16,19-20,22,26H,10-14H2/t19-,20-,22+/m1/s1. The van der Waals surface area contributed by atoms with E-state index >= 15 is 0 Å². The lowest BCUT2D eigenvalue weighted by Crippen LogP contribution is -2.71. The summed E-state index contributed by atoms with van der Waals surface area (Å²) >= 11 is 0. The largest absolute Gasteiger partial charge is 0.394 e. The normalized spacial score (nSPS) is 25.5. The fraction of sp³-hybridized carbons (Fsp3) is 0.391. The lowest BCUT2D eigenvalue weighted by Gasteiger charge is -2.59. The summed E-state index contributed by atoms with van der Waals surface area (Å²) in [6.07, 6.45) is 2.22.